The molecule has 0 aliphatic rings. The maximum Gasteiger partial charge on any atom is 0.270 e. The average molecular weight is 395 g/mol. The summed E-state index contributed by atoms with van der Waals surface area (Å²) in [6.45, 7) is 7.26. The third-order valence-electron chi connectivity index (χ3n) is 5.10. The Morgan fingerprint density at radius 1 is 1.21 bits per heavy atom. The molecule has 0 saturated heterocycles. The van der Waals surface area contributed by atoms with Crippen LogP contribution < -0.4 is 5.32 Å². The van der Waals surface area contributed by atoms with Crippen LogP contribution in [0.3, 0.4) is 0 Å². The number of rotatable bonds is 8. The van der Waals surface area contributed by atoms with Crippen LogP contribution in [-0.4, -0.2) is 44.9 Å². The van der Waals surface area contributed by atoms with Crippen molar-refractivity contribution in [1.82, 2.24) is 14.5 Å². The Bertz CT molecular complexity index is 1040. The smallest absolute Gasteiger partial charge is 0.270 e. The summed E-state index contributed by atoms with van der Waals surface area (Å²) in [6.07, 6.45) is 0.849. The van der Waals surface area contributed by atoms with E-state index in [-0.39, 0.29) is 11.3 Å². The van der Waals surface area contributed by atoms with Gasteiger partial charge in [-0.25, -0.2) is 4.98 Å². The summed E-state index contributed by atoms with van der Waals surface area (Å²) in [6, 6.07) is 11.2. The van der Waals surface area contributed by atoms with Gasteiger partial charge in [0.05, 0.1) is 16.0 Å². The van der Waals surface area contributed by atoms with E-state index in [1.165, 1.54) is 18.2 Å². The Kier molecular flexibility index (Phi) is 6.23. The second-order valence-corrected chi connectivity index (χ2v) is 6.83. The van der Waals surface area contributed by atoms with Gasteiger partial charge in [0.15, 0.2) is 0 Å². The number of anilines is 1. The number of fused-ring (bicyclic) bond motifs is 1. The van der Waals surface area contributed by atoms with Gasteiger partial charge in [-0.3, -0.25) is 14.9 Å². The number of likely N-dealkylation sites (N-methyl/N-ethyl adjacent to an activating group) is 1. The summed E-state index contributed by atoms with van der Waals surface area (Å²) in [5.41, 5.74) is 2.52. The van der Waals surface area contributed by atoms with Crippen molar-refractivity contribution in [2.45, 2.75) is 20.3 Å². The Labute approximate surface area is 169 Å². The fourth-order valence-corrected chi connectivity index (χ4v) is 3.31. The van der Waals surface area contributed by atoms with E-state index < -0.39 is 10.8 Å². The highest BCUT2D eigenvalue weighted by molar-refractivity contribution is 6.05. The second kappa shape index (κ2) is 8.83. The highest BCUT2D eigenvalue weighted by Crippen LogP contribution is 2.21. The summed E-state index contributed by atoms with van der Waals surface area (Å²) in [5, 5.41) is 13.7. The van der Waals surface area contributed by atoms with Gasteiger partial charge in [0, 0.05) is 43.4 Å². The molecular weight excluding hydrogens is 370 g/mol. The summed E-state index contributed by atoms with van der Waals surface area (Å²) in [5.74, 6) is 0.597. The number of nitrogens with one attached hydrogen (secondary N) is 1. The number of non-ortho nitro benzene ring substituents is 1. The van der Waals surface area contributed by atoms with Crippen LogP contribution in [0.15, 0.2) is 42.5 Å². The van der Waals surface area contributed by atoms with E-state index in [2.05, 4.69) is 28.6 Å². The van der Waals surface area contributed by atoms with Crippen molar-refractivity contribution in [2.24, 2.45) is 7.05 Å². The lowest BCUT2D eigenvalue weighted by Crippen LogP contribution is -2.26. The standard InChI is InChI=1S/C21H25N5O3/c1-4-25(5-2)12-11-20-23-18-14-16(9-10-19(18)24(20)3)22-21(27)15-7-6-8-17(13-15)26(28)29/h6-10,13-14H,4-5,11-12H2,1-3H3,(H,22,27). The van der Waals surface area contributed by atoms with Crippen molar-refractivity contribution in [3.63, 3.8) is 0 Å². The van der Waals surface area contributed by atoms with Gasteiger partial charge in [0.2, 0.25) is 0 Å². The maximum absolute atomic E-state index is 12.5. The number of imidazole rings is 1. The zero-order valence-corrected chi connectivity index (χ0v) is 16.9. The molecule has 1 amide bonds. The molecule has 8 nitrogen and oxygen atoms in total. The number of nitro benzene ring substituents is 1. The van der Waals surface area contributed by atoms with Crippen LogP contribution in [-0.2, 0) is 13.5 Å². The molecule has 1 aromatic heterocycles. The number of nitro groups is 1. The van der Waals surface area contributed by atoms with E-state index in [0.29, 0.717) is 5.69 Å². The lowest BCUT2D eigenvalue weighted by atomic mass is 10.2. The first-order valence-electron chi connectivity index (χ1n) is 9.66. The van der Waals surface area contributed by atoms with Crippen molar-refractivity contribution in [3.8, 4) is 0 Å². The lowest BCUT2D eigenvalue weighted by Gasteiger charge is -2.17. The number of hydrogen-bond donors (Lipinski definition) is 1. The molecule has 2 aromatic carbocycles. The molecule has 0 radical (unpaired) electrons. The summed E-state index contributed by atoms with van der Waals surface area (Å²) in [7, 11) is 1.99. The van der Waals surface area contributed by atoms with Gasteiger partial charge < -0.3 is 14.8 Å². The minimum Gasteiger partial charge on any atom is -0.331 e. The largest absolute Gasteiger partial charge is 0.331 e. The number of nitrogens with zero attached hydrogens (tertiary/aromatic N) is 4. The highest BCUT2D eigenvalue weighted by Gasteiger charge is 2.14. The Balaban J connectivity index is 1.78. The molecule has 0 spiro atoms. The first-order chi connectivity index (χ1) is 13.9. The number of aryl methyl sites for hydroxylation is 1. The zero-order valence-electron chi connectivity index (χ0n) is 16.9. The second-order valence-electron chi connectivity index (χ2n) is 6.83. The molecule has 0 aliphatic carbocycles. The van der Waals surface area contributed by atoms with Crippen molar-refractivity contribution in [3.05, 3.63) is 64.0 Å². The molecule has 29 heavy (non-hydrogen) atoms. The van der Waals surface area contributed by atoms with Crippen LogP contribution in [0.5, 0.6) is 0 Å². The Hall–Kier alpha value is -3.26. The summed E-state index contributed by atoms with van der Waals surface area (Å²) >= 11 is 0. The van der Waals surface area contributed by atoms with E-state index in [1.807, 2.05) is 25.2 Å². The van der Waals surface area contributed by atoms with Gasteiger partial charge in [-0.15, -0.1) is 0 Å². The highest BCUT2D eigenvalue weighted by atomic mass is 16.6. The fourth-order valence-electron chi connectivity index (χ4n) is 3.31. The van der Waals surface area contributed by atoms with Crippen LogP contribution in [0.4, 0.5) is 11.4 Å². The summed E-state index contributed by atoms with van der Waals surface area (Å²) < 4.78 is 2.07. The normalized spacial score (nSPS) is 11.2. The number of carbonyl (C=O) groups is 1. The Morgan fingerprint density at radius 2 is 1.97 bits per heavy atom. The van der Waals surface area contributed by atoms with Gasteiger partial charge in [0.1, 0.15) is 5.82 Å². The number of benzene rings is 2. The fraction of sp³-hybridized carbons (Fsp3) is 0.333. The van der Waals surface area contributed by atoms with E-state index in [0.717, 1.165) is 42.9 Å². The van der Waals surface area contributed by atoms with Crippen LogP contribution in [0.1, 0.15) is 30.0 Å². The van der Waals surface area contributed by atoms with Gasteiger partial charge in [-0.1, -0.05) is 19.9 Å². The number of hydrogen-bond acceptors (Lipinski definition) is 5. The molecule has 0 fully saturated rings. The van der Waals surface area contributed by atoms with E-state index in [1.54, 1.807) is 6.07 Å². The predicted octanol–water partition coefficient (Wildman–Crippen LogP) is 3.62. The third-order valence-corrected chi connectivity index (χ3v) is 5.10. The monoisotopic (exact) mass is 395 g/mol. The van der Waals surface area contributed by atoms with E-state index in [9.17, 15) is 14.9 Å². The van der Waals surface area contributed by atoms with Gasteiger partial charge in [0.25, 0.3) is 11.6 Å². The molecular formula is C21H25N5O3. The first kappa shape index (κ1) is 20.5. The quantitative estimate of drug-likeness (QED) is 0.464. The molecule has 3 rings (SSSR count). The Morgan fingerprint density at radius 3 is 2.66 bits per heavy atom. The molecule has 1 N–H and O–H groups in total. The first-order valence-corrected chi connectivity index (χ1v) is 9.66. The minimum absolute atomic E-state index is 0.115. The van der Waals surface area contributed by atoms with E-state index in [4.69, 9.17) is 4.98 Å². The minimum atomic E-state index is -0.517. The van der Waals surface area contributed by atoms with Gasteiger partial charge >= 0.3 is 0 Å². The van der Waals surface area contributed by atoms with E-state index >= 15 is 0 Å². The van der Waals surface area contributed by atoms with Gasteiger partial charge in [-0.05, 0) is 37.4 Å². The molecule has 0 atom stereocenters. The van der Waals surface area contributed by atoms with Crippen LogP contribution in [0.25, 0.3) is 11.0 Å². The van der Waals surface area contributed by atoms with Gasteiger partial charge in [-0.2, -0.15) is 0 Å². The molecule has 8 heteroatoms. The molecule has 1 heterocycles. The molecule has 0 aliphatic heterocycles. The predicted molar refractivity (Wildman–Crippen MR) is 113 cm³/mol. The summed E-state index contributed by atoms with van der Waals surface area (Å²) in [4.78, 5) is 29.9. The van der Waals surface area contributed by atoms with Crippen molar-refractivity contribution >= 4 is 28.3 Å². The maximum atomic E-state index is 12.5. The van der Waals surface area contributed by atoms with Crippen LogP contribution in [0, 0.1) is 10.1 Å². The molecule has 0 unspecified atom stereocenters. The van der Waals surface area contributed by atoms with Crippen molar-refractivity contribution in [1.29, 1.82) is 0 Å². The molecule has 152 valence electrons. The van der Waals surface area contributed by atoms with Crippen LogP contribution >= 0.6 is 0 Å². The number of amides is 1. The molecule has 0 bridgehead atoms. The lowest BCUT2D eigenvalue weighted by molar-refractivity contribution is -0.384. The molecule has 0 saturated carbocycles. The third kappa shape index (κ3) is 4.60. The average Bonchev–Trinajstić information content (AvgIpc) is 3.04. The number of carbonyl (C=O) groups excluding carboxylic acids is 1. The number of aromatic nitrogens is 2. The zero-order chi connectivity index (χ0) is 21.0. The topological polar surface area (TPSA) is 93.3 Å². The van der Waals surface area contributed by atoms with Crippen LogP contribution in [0.2, 0.25) is 0 Å². The SMILES string of the molecule is CCN(CC)CCc1nc2cc(NC(=O)c3cccc([N+](=O)[O-])c3)ccc2n1C. The van der Waals surface area contributed by atoms with Crippen molar-refractivity contribution in [2.75, 3.05) is 25.0 Å². The van der Waals surface area contributed by atoms with Crippen molar-refractivity contribution < 1.29 is 9.72 Å². The molecule has 3 aromatic rings.